The number of carbonyl (C=O) groups is 2. The van der Waals surface area contributed by atoms with Crippen molar-refractivity contribution >= 4 is 21.9 Å². The average Bonchev–Trinajstić information content (AvgIpc) is 3.12. The van der Waals surface area contributed by atoms with Gasteiger partial charge in [0.1, 0.15) is 0 Å². The second kappa shape index (κ2) is 7.28. The first-order chi connectivity index (χ1) is 13.1. The van der Waals surface area contributed by atoms with Gasteiger partial charge in [-0.15, -0.1) is 0 Å². The van der Waals surface area contributed by atoms with Crippen molar-refractivity contribution in [3.63, 3.8) is 0 Å². The highest BCUT2D eigenvalue weighted by Gasteiger charge is 2.85. The summed E-state index contributed by atoms with van der Waals surface area (Å²) in [6.07, 6.45) is -3.01. The Kier molecular flexibility index (Phi) is 6.31. The highest BCUT2D eigenvalue weighted by molar-refractivity contribution is 7.87. The molecule has 2 amide bonds. The first-order valence-electron chi connectivity index (χ1n) is 7.55. The standard InChI is InChI=1S/C9H12N2O2.C4HF9O3S/c10-7(12)6-3-5-1-2-9(6,4-5)8(11)13;5-1(6,3(9,10)11)2(7,8)4(12,13)17(14,15)16/h3,5H,1-2,4H2,(H2,10,12)(H2,11,13);(H,14,15,16). The van der Waals surface area contributed by atoms with Gasteiger partial charge >= 0.3 is 33.4 Å². The van der Waals surface area contributed by atoms with E-state index < -0.39 is 50.6 Å². The second-order valence-corrected chi connectivity index (χ2v) is 8.00. The predicted molar refractivity (Wildman–Crippen MR) is 78.7 cm³/mol. The summed E-state index contributed by atoms with van der Waals surface area (Å²) in [6, 6.07) is 0. The number of halogens is 9. The fourth-order valence-corrected chi connectivity index (χ4v) is 3.52. The Hall–Kier alpha value is -2.04. The molecule has 7 nitrogen and oxygen atoms in total. The van der Waals surface area contributed by atoms with Gasteiger partial charge in [0.15, 0.2) is 0 Å². The van der Waals surface area contributed by atoms with Crippen LogP contribution >= 0.6 is 0 Å². The number of amides is 2. The molecule has 2 bridgehead atoms. The van der Waals surface area contributed by atoms with Crippen LogP contribution in [0.15, 0.2) is 11.6 Å². The fraction of sp³-hybridized carbons (Fsp3) is 0.692. The Morgan fingerprint density at radius 2 is 1.47 bits per heavy atom. The van der Waals surface area contributed by atoms with Gasteiger partial charge in [0.2, 0.25) is 11.8 Å². The number of hydrogen-bond acceptors (Lipinski definition) is 4. The maximum absolute atomic E-state index is 12.2. The van der Waals surface area contributed by atoms with Crippen LogP contribution in [0.2, 0.25) is 0 Å². The topological polar surface area (TPSA) is 141 Å². The zero-order valence-corrected chi connectivity index (χ0v) is 15.1. The minimum absolute atomic E-state index is 0.329. The van der Waals surface area contributed by atoms with Crippen molar-refractivity contribution in [1.82, 2.24) is 0 Å². The van der Waals surface area contributed by atoms with Crippen LogP contribution in [0.3, 0.4) is 0 Å². The summed E-state index contributed by atoms with van der Waals surface area (Å²) in [5.41, 5.74) is 10.2. The number of nitrogens with two attached hydrogens (primary N) is 2. The lowest BCUT2D eigenvalue weighted by atomic mass is 9.79. The summed E-state index contributed by atoms with van der Waals surface area (Å²) < 4.78 is 134. The van der Waals surface area contributed by atoms with Crippen LogP contribution in [0, 0.1) is 11.3 Å². The van der Waals surface area contributed by atoms with Gasteiger partial charge in [0.25, 0.3) is 0 Å². The Labute approximate surface area is 162 Å². The quantitative estimate of drug-likeness (QED) is 0.408. The largest absolute Gasteiger partial charge is 0.460 e. The van der Waals surface area contributed by atoms with E-state index in [9.17, 15) is 57.5 Å². The van der Waals surface area contributed by atoms with E-state index in [1.807, 2.05) is 6.08 Å². The molecule has 1 saturated carbocycles. The fourth-order valence-electron chi connectivity index (χ4n) is 3.06. The Balaban J connectivity index is 0.000000308. The van der Waals surface area contributed by atoms with Gasteiger partial charge in [-0.25, -0.2) is 0 Å². The lowest BCUT2D eigenvalue weighted by Gasteiger charge is -2.31. The number of alkyl halides is 9. The molecule has 0 aliphatic heterocycles. The van der Waals surface area contributed by atoms with Crippen LogP contribution in [-0.2, 0) is 19.7 Å². The number of hydrogen-bond donors (Lipinski definition) is 3. The van der Waals surface area contributed by atoms with Crippen LogP contribution in [0.5, 0.6) is 0 Å². The lowest BCUT2D eigenvalue weighted by molar-refractivity contribution is -0.382. The molecule has 1 fully saturated rings. The van der Waals surface area contributed by atoms with Gasteiger partial charge in [0.05, 0.1) is 5.41 Å². The normalized spacial score (nSPS) is 24.7. The predicted octanol–water partition coefficient (Wildman–Crippen LogP) is 1.98. The van der Waals surface area contributed by atoms with E-state index in [2.05, 4.69) is 0 Å². The van der Waals surface area contributed by atoms with Gasteiger partial charge in [-0.3, -0.25) is 14.1 Å². The first-order valence-corrected chi connectivity index (χ1v) is 8.99. The molecule has 0 aromatic rings. The summed E-state index contributed by atoms with van der Waals surface area (Å²) >= 11 is 0. The monoisotopic (exact) mass is 480 g/mol. The molecule has 17 heteroatoms. The van der Waals surface area contributed by atoms with Crippen LogP contribution in [-0.4, -0.2) is 48.1 Å². The Bertz CT molecular complexity index is 869. The smallest absolute Gasteiger partial charge is 0.369 e. The van der Waals surface area contributed by atoms with Crippen LogP contribution < -0.4 is 11.5 Å². The zero-order chi connectivity index (χ0) is 24.1. The third kappa shape index (κ3) is 3.83. The van der Waals surface area contributed by atoms with Crippen molar-refractivity contribution < 1.29 is 62.1 Å². The van der Waals surface area contributed by atoms with Crippen molar-refractivity contribution in [2.24, 2.45) is 22.8 Å². The third-order valence-corrected chi connectivity index (χ3v) is 5.55. The Morgan fingerprint density at radius 3 is 1.73 bits per heavy atom. The molecule has 2 aliphatic carbocycles. The molecule has 2 rings (SSSR count). The highest BCUT2D eigenvalue weighted by Crippen LogP contribution is 2.55. The molecular weight excluding hydrogens is 467 g/mol. The number of carbonyl (C=O) groups excluding carboxylic acids is 2. The lowest BCUT2D eigenvalue weighted by Crippen LogP contribution is -2.63. The molecule has 0 aromatic carbocycles. The van der Waals surface area contributed by atoms with Crippen LogP contribution in [0.25, 0.3) is 0 Å². The minimum atomic E-state index is -7.37. The summed E-state index contributed by atoms with van der Waals surface area (Å²) in [5, 5.41) is -7.00. The van der Waals surface area contributed by atoms with E-state index in [0.717, 1.165) is 6.42 Å². The highest BCUT2D eigenvalue weighted by atomic mass is 32.2. The average molecular weight is 480 g/mol. The van der Waals surface area contributed by atoms with Gasteiger partial charge in [0, 0.05) is 5.57 Å². The van der Waals surface area contributed by atoms with Crippen molar-refractivity contribution in [3.05, 3.63) is 11.6 Å². The molecule has 2 aliphatic rings. The Morgan fingerprint density at radius 1 is 1.00 bits per heavy atom. The molecule has 0 spiro atoms. The van der Waals surface area contributed by atoms with Gasteiger partial charge in [-0.05, 0) is 25.2 Å². The first kappa shape index (κ1) is 26.0. The molecular formula is C13H13F9N2O5S. The molecule has 2 atom stereocenters. The van der Waals surface area contributed by atoms with Gasteiger partial charge < -0.3 is 11.5 Å². The molecule has 0 saturated heterocycles. The molecule has 30 heavy (non-hydrogen) atoms. The van der Waals surface area contributed by atoms with Crippen LogP contribution in [0.1, 0.15) is 19.3 Å². The molecule has 5 N–H and O–H groups in total. The maximum Gasteiger partial charge on any atom is 0.460 e. The van der Waals surface area contributed by atoms with Crippen molar-refractivity contribution in [3.8, 4) is 0 Å². The zero-order valence-electron chi connectivity index (χ0n) is 14.3. The van der Waals surface area contributed by atoms with Crippen molar-refractivity contribution in [1.29, 1.82) is 0 Å². The van der Waals surface area contributed by atoms with Gasteiger partial charge in [-0.2, -0.15) is 47.9 Å². The molecule has 0 heterocycles. The van der Waals surface area contributed by atoms with Crippen molar-refractivity contribution in [2.75, 3.05) is 0 Å². The van der Waals surface area contributed by atoms with E-state index >= 15 is 0 Å². The number of fused-ring (bicyclic) bond motifs is 2. The number of allylic oxidation sites excluding steroid dienone is 1. The molecule has 174 valence electrons. The number of rotatable bonds is 5. The van der Waals surface area contributed by atoms with E-state index in [0.29, 0.717) is 24.3 Å². The minimum Gasteiger partial charge on any atom is -0.369 e. The van der Waals surface area contributed by atoms with E-state index in [4.69, 9.17) is 16.0 Å². The van der Waals surface area contributed by atoms with E-state index in [1.54, 1.807) is 0 Å². The van der Waals surface area contributed by atoms with E-state index in [-0.39, 0.29) is 0 Å². The number of primary amides is 2. The molecule has 0 radical (unpaired) electrons. The van der Waals surface area contributed by atoms with Crippen LogP contribution in [0.4, 0.5) is 39.5 Å². The second-order valence-electron chi connectivity index (χ2n) is 6.53. The molecule has 0 aromatic heterocycles. The van der Waals surface area contributed by atoms with Gasteiger partial charge in [-0.1, -0.05) is 6.08 Å². The maximum atomic E-state index is 12.2. The summed E-state index contributed by atoms with van der Waals surface area (Å²) in [6.45, 7) is 0. The summed E-state index contributed by atoms with van der Waals surface area (Å²) in [7, 11) is -7.17. The SMILES string of the molecule is NC(=O)C1=CC2CCC1(C(N)=O)C2.O=S(=O)(O)C(F)(F)C(F)(F)C(F)(F)C(F)(F)F. The summed E-state index contributed by atoms with van der Waals surface area (Å²) in [5.74, 6) is -15.3. The molecule has 2 unspecified atom stereocenters. The third-order valence-electron chi connectivity index (χ3n) is 4.65. The van der Waals surface area contributed by atoms with E-state index in [1.165, 1.54) is 0 Å². The van der Waals surface area contributed by atoms with Crippen molar-refractivity contribution in [2.45, 2.75) is 42.5 Å². The summed E-state index contributed by atoms with van der Waals surface area (Å²) in [4.78, 5) is 22.3.